The van der Waals surface area contributed by atoms with Gasteiger partial charge in [-0.15, -0.1) is 0 Å². The first kappa shape index (κ1) is 14.1. The molecule has 6 heteroatoms. The van der Waals surface area contributed by atoms with Crippen molar-refractivity contribution in [2.24, 2.45) is 0 Å². The van der Waals surface area contributed by atoms with Crippen LogP contribution in [0.5, 0.6) is 0 Å². The Labute approximate surface area is 129 Å². The maximum atomic E-state index is 6.05. The number of nitrogens with zero attached hydrogens (tertiary/aromatic N) is 4. The van der Waals surface area contributed by atoms with Gasteiger partial charge in [-0.2, -0.15) is 15.0 Å². The van der Waals surface area contributed by atoms with Crippen molar-refractivity contribution in [1.82, 2.24) is 15.0 Å². The van der Waals surface area contributed by atoms with Crippen molar-refractivity contribution in [2.45, 2.75) is 26.2 Å². The SMILES string of the molecule is CCCNc1nc(Cl)nc(N2CCCc3ccccc32)n1. The molecule has 0 saturated heterocycles. The van der Waals surface area contributed by atoms with E-state index < -0.39 is 0 Å². The highest BCUT2D eigenvalue weighted by atomic mass is 35.5. The first-order valence-electron chi connectivity index (χ1n) is 7.29. The maximum absolute atomic E-state index is 6.05. The Morgan fingerprint density at radius 1 is 1.24 bits per heavy atom. The van der Waals surface area contributed by atoms with Crippen LogP contribution in [-0.4, -0.2) is 28.0 Å². The van der Waals surface area contributed by atoms with Crippen LogP contribution < -0.4 is 10.2 Å². The summed E-state index contributed by atoms with van der Waals surface area (Å²) in [4.78, 5) is 15.0. The molecule has 0 radical (unpaired) electrons. The van der Waals surface area contributed by atoms with Crippen LogP contribution in [0.15, 0.2) is 24.3 Å². The second-order valence-corrected chi connectivity index (χ2v) is 5.38. The molecular weight excluding hydrogens is 286 g/mol. The number of fused-ring (bicyclic) bond motifs is 1. The number of halogens is 1. The number of anilines is 3. The number of aromatic nitrogens is 3. The topological polar surface area (TPSA) is 53.9 Å². The zero-order valence-electron chi connectivity index (χ0n) is 12.0. The second kappa shape index (κ2) is 6.26. The van der Waals surface area contributed by atoms with Gasteiger partial charge in [0.1, 0.15) is 0 Å². The molecule has 21 heavy (non-hydrogen) atoms. The predicted octanol–water partition coefficient (Wildman–Crippen LogP) is 3.43. The Morgan fingerprint density at radius 3 is 2.95 bits per heavy atom. The van der Waals surface area contributed by atoms with Crippen LogP contribution in [0.4, 0.5) is 17.6 Å². The third-order valence-electron chi connectivity index (χ3n) is 3.48. The van der Waals surface area contributed by atoms with E-state index in [1.165, 1.54) is 5.56 Å². The summed E-state index contributed by atoms with van der Waals surface area (Å²) < 4.78 is 0. The highest BCUT2D eigenvalue weighted by Crippen LogP contribution is 2.31. The molecule has 0 bridgehead atoms. The second-order valence-electron chi connectivity index (χ2n) is 5.04. The van der Waals surface area contributed by atoms with Crippen molar-refractivity contribution in [3.63, 3.8) is 0 Å². The van der Waals surface area contributed by atoms with Gasteiger partial charge < -0.3 is 10.2 Å². The van der Waals surface area contributed by atoms with E-state index in [9.17, 15) is 0 Å². The van der Waals surface area contributed by atoms with Gasteiger partial charge in [0.25, 0.3) is 0 Å². The average molecular weight is 304 g/mol. The van der Waals surface area contributed by atoms with E-state index in [0.29, 0.717) is 11.9 Å². The van der Waals surface area contributed by atoms with Crippen molar-refractivity contribution in [1.29, 1.82) is 0 Å². The lowest BCUT2D eigenvalue weighted by Gasteiger charge is -2.29. The molecule has 0 saturated carbocycles. The highest BCUT2D eigenvalue weighted by Gasteiger charge is 2.21. The molecule has 0 amide bonds. The van der Waals surface area contributed by atoms with Crippen LogP contribution in [0.2, 0.25) is 5.28 Å². The minimum Gasteiger partial charge on any atom is -0.354 e. The number of nitrogens with one attached hydrogen (secondary N) is 1. The molecule has 0 fully saturated rings. The van der Waals surface area contributed by atoms with E-state index in [2.05, 4.69) is 50.3 Å². The minimum atomic E-state index is 0.224. The van der Waals surface area contributed by atoms with Crippen molar-refractivity contribution in [3.05, 3.63) is 35.1 Å². The van der Waals surface area contributed by atoms with Crippen LogP contribution in [0.1, 0.15) is 25.3 Å². The molecule has 1 aromatic heterocycles. The molecular formula is C15H18ClN5. The number of benzene rings is 1. The van der Waals surface area contributed by atoms with E-state index in [1.54, 1.807) is 0 Å². The van der Waals surface area contributed by atoms with Gasteiger partial charge in [-0.05, 0) is 42.5 Å². The molecule has 0 unspecified atom stereocenters. The lowest BCUT2D eigenvalue weighted by Crippen LogP contribution is -2.26. The van der Waals surface area contributed by atoms with E-state index >= 15 is 0 Å². The molecule has 0 aliphatic carbocycles. The standard InChI is InChI=1S/C15H18ClN5/c1-2-9-17-14-18-13(16)19-15(20-14)21-10-5-7-11-6-3-4-8-12(11)21/h3-4,6,8H,2,5,7,9-10H2,1H3,(H,17,18,19,20). The Kier molecular flexibility index (Phi) is 4.20. The average Bonchev–Trinajstić information content (AvgIpc) is 2.52. The molecule has 1 aliphatic rings. The number of hydrogen-bond acceptors (Lipinski definition) is 5. The fraction of sp³-hybridized carbons (Fsp3) is 0.400. The summed E-state index contributed by atoms with van der Waals surface area (Å²) >= 11 is 6.05. The lowest BCUT2D eigenvalue weighted by atomic mass is 10.0. The van der Waals surface area contributed by atoms with Gasteiger partial charge in [-0.1, -0.05) is 25.1 Å². The molecule has 1 aromatic carbocycles. The summed E-state index contributed by atoms with van der Waals surface area (Å²) in [7, 11) is 0. The highest BCUT2D eigenvalue weighted by molar-refractivity contribution is 6.28. The number of para-hydroxylation sites is 1. The Morgan fingerprint density at radius 2 is 2.10 bits per heavy atom. The van der Waals surface area contributed by atoms with E-state index in [1.807, 2.05) is 6.07 Å². The molecule has 0 atom stereocenters. The molecule has 3 rings (SSSR count). The largest absolute Gasteiger partial charge is 0.354 e. The normalized spacial score (nSPS) is 13.9. The predicted molar refractivity (Wildman–Crippen MR) is 85.4 cm³/mol. The van der Waals surface area contributed by atoms with Crippen molar-refractivity contribution in [2.75, 3.05) is 23.3 Å². The van der Waals surface area contributed by atoms with Crippen LogP contribution in [-0.2, 0) is 6.42 Å². The lowest BCUT2D eigenvalue weighted by molar-refractivity contribution is 0.747. The third kappa shape index (κ3) is 3.08. The molecule has 2 aromatic rings. The van der Waals surface area contributed by atoms with Gasteiger partial charge in [-0.3, -0.25) is 0 Å². The smallest absolute Gasteiger partial charge is 0.236 e. The molecule has 5 nitrogen and oxygen atoms in total. The van der Waals surface area contributed by atoms with E-state index in [4.69, 9.17) is 11.6 Å². The van der Waals surface area contributed by atoms with Crippen molar-refractivity contribution < 1.29 is 0 Å². The summed E-state index contributed by atoms with van der Waals surface area (Å²) in [5.41, 5.74) is 2.48. The quantitative estimate of drug-likeness (QED) is 0.938. The van der Waals surface area contributed by atoms with Gasteiger partial charge in [0, 0.05) is 18.8 Å². The zero-order chi connectivity index (χ0) is 14.7. The minimum absolute atomic E-state index is 0.224. The van der Waals surface area contributed by atoms with Gasteiger partial charge in [-0.25, -0.2) is 0 Å². The number of aryl methyl sites for hydroxylation is 1. The summed E-state index contributed by atoms with van der Waals surface area (Å²) in [5, 5.41) is 3.39. The number of rotatable bonds is 4. The molecule has 1 aliphatic heterocycles. The summed E-state index contributed by atoms with van der Waals surface area (Å²) in [5.74, 6) is 1.15. The fourth-order valence-electron chi connectivity index (χ4n) is 2.52. The van der Waals surface area contributed by atoms with Gasteiger partial charge in [0.2, 0.25) is 17.2 Å². The van der Waals surface area contributed by atoms with Gasteiger partial charge in [0.05, 0.1) is 0 Å². The van der Waals surface area contributed by atoms with E-state index in [-0.39, 0.29) is 5.28 Å². The van der Waals surface area contributed by atoms with Crippen molar-refractivity contribution >= 4 is 29.2 Å². The van der Waals surface area contributed by atoms with Gasteiger partial charge in [0.15, 0.2) is 0 Å². The number of hydrogen-bond donors (Lipinski definition) is 1. The van der Waals surface area contributed by atoms with Crippen LogP contribution in [0, 0.1) is 0 Å². The first-order valence-corrected chi connectivity index (χ1v) is 7.66. The van der Waals surface area contributed by atoms with Gasteiger partial charge >= 0.3 is 0 Å². The summed E-state index contributed by atoms with van der Waals surface area (Å²) in [6.07, 6.45) is 3.18. The summed E-state index contributed by atoms with van der Waals surface area (Å²) in [6.45, 7) is 3.80. The van der Waals surface area contributed by atoms with Crippen LogP contribution in [0.25, 0.3) is 0 Å². The Balaban J connectivity index is 1.95. The van der Waals surface area contributed by atoms with Crippen molar-refractivity contribution in [3.8, 4) is 0 Å². The van der Waals surface area contributed by atoms with Crippen LogP contribution >= 0.6 is 11.6 Å². The van der Waals surface area contributed by atoms with Crippen LogP contribution in [0.3, 0.4) is 0 Å². The maximum Gasteiger partial charge on any atom is 0.236 e. The first-order chi connectivity index (χ1) is 10.3. The molecule has 1 N–H and O–H groups in total. The summed E-state index contributed by atoms with van der Waals surface area (Å²) in [6, 6.07) is 8.36. The third-order valence-corrected chi connectivity index (χ3v) is 3.65. The monoisotopic (exact) mass is 303 g/mol. The Bertz CT molecular complexity index is 631. The van der Waals surface area contributed by atoms with E-state index in [0.717, 1.165) is 38.0 Å². The molecule has 110 valence electrons. The fourth-order valence-corrected chi connectivity index (χ4v) is 2.67. The molecule has 0 spiro atoms. The molecule has 2 heterocycles. The Hall–Kier alpha value is -1.88. The zero-order valence-corrected chi connectivity index (χ0v) is 12.8.